The molecule has 0 bridgehead atoms. The Balaban J connectivity index is 2.16. The van der Waals surface area contributed by atoms with Gasteiger partial charge >= 0.3 is 0 Å². The van der Waals surface area contributed by atoms with E-state index in [1.54, 1.807) is 0 Å². The van der Waals surface area contributed by atoms with Crippen LogP contribution in [0.1, 0.15) is 31.7 Å². The molecule has 0 saturated heterocycles. The lowest BCUT2D eigenvalue weighted by Gasteiger charge is -2.17. The fraction of sp³-hybridized carbons (Fsp3) is 0.500. The number of hydrogen-bond acceptors (Lipinski definition) is 1. The molecule has 0 spiro atoms. The van der Waals surface area contributed by atoms with E-state index in [-0.39, 0.29) is 6.10 Å². The number of aliphatic hydroxyl groups is 1. The maximum Gasteiger partial charge on any atom is 0.0520 e. The van der Waals surface area contributed by atoms with Gasteiger partial charge in [0.25, 0.3) is 0 Å². The second kappa shape index (κ2) is 3.15. The van der Waals surface area contributed by atoms with Crippen LogP contribution in [0.15, 0.2) is 30.3 Å². The van der Waals surface area contributed by atoms with Crippen molar-refractivity contribution in [3.8, 4) is 0 Å². The summed E-state index contributed by atoms with van der Waals surface area (Å²) in [4.78, 5) is 0. The van der Waals surface area contributed by atoms with Gasteiger partial charge in [-0.3, -0.25) is 0 Å². The van der Waals surface area contributed by atoms with E-state index in [1.165, 1.54) is 18.4 Å². The molecule has 1 aromatic carbocycles. The first-order valence-electron chi connectivity index (χ1n) is 4.97. The maximum absolute atomic E-state index is 9.39. The molecule has 0 radical (unpaired) electrons. The van der Waals surface area contributed by atoms with Gasteiger partial charge in [0, 0.05) is 0 Å². The Morgan fingerprint density at radius 1 is 1.31 bits per heavy atom. The van der Waals surface area contributed by atoms with Crippen molar-refractivity contribution in [3.05, 3.63) is 35.9 Å². The van der Waals surface area contributed by atoms with Crippen LogP contribution < -0.4 is 0 Å². The second-order valence-corrected chi connectivity index (χ2v) is 4.20. The normalized spacial score (nSPS) is 21.1. The molecule has 1 heteroatoms. The Morgan fingerprint density at radius 2 is 1.92 bits per heavy atom. The van der Waals surface area contributed by atoms with E-state index in [4.69, 9.17) is 0 Å². The first-order chi connectivity index (χ1) is 6.23. The number of aliphatic hydroxyl groups excluding tert-OH is 1. The molecule has 1 aromatic rings. The van der Waals surface area contributed by atoms with E-state index >= 15 is 0 Å². The van der Waals surface area contributed by atoms with E-state index in [0.717, 1.165) is 6.42 Å². The highest BCUT2D eigenvalue weighted by Crippen LogP contribution is 2.51. The summed E-state index contributed by atoms with van der Waals surface area (Å²) in [5.74, 6) is 0. The molecule has 1 aliphatic rings. The summed E-state index contributed by atoms with van der Waals surface area (Å²) in [5.41, 5.74) is 1.71. The Hall–Kier alpha value is -0.820. The molecule has 1 atom stereocenters. The van der Waals surface area contributed by atoms with Gasteiger partial charge in [-0.25, -0.2) is 0 Å². The van der Waals surface area contributed by atoms with Crippen LogP contribution in [0.3, 0.4) is 0 Å². The van der Waals surface area contributed by atoms with Gasteiger partial charge in [0.2, 0.25) is 0 Å². The maximum atomic E-state index is 9.39. The molecular weight excluding hydrogens is 160 g/mol. The Labute approximate surface area is 79.4 Å². The van der Waals surface area contributed by atoms with Crippen LogP contribution in [0.4, 0.5) is 0 Å². The summed E-state index contributed by atoms with van der Waals surface area (Å²) in [5, 5.41) is 9.39. The topological polar surface area (TPSA) is 20.2 Å². The summed E-state index contributed by atoms with van der Waals surface area (Å²) in [6.45, 7) is 1.88. The van der Waals surface area contributed by atoms with Crippen LogP contribution in [0.2, 0.25) is 0 Å². The highest BCUT2D eigenvalue weighted by atomic mass is 16.3. The highest BCUT2D eigenvalue weighted by Gasteiger charge is 2.44. The van der Waals surface area contributed by atoms with Gasteiger partial charge in [0.1, 0.15) is 0 Å². The van der Waals surface area contributed by atoms with Crippen molar-refractivity contribution < 1.29 is 5.11 Å². The van der Waals surface area contributed by atoms with E-state index in [0.29, 0.717) is 5.41 Å². The van der Waals surface area contributed by atoms with Gasteiger partial charge in [-0.05, 0) is 37.2 Å². The summed E-state index contributed by atoms with van der Waals surface area (Å²) < 4.78 is 0. The van der Waals surface area contributed by atoms with E-state index in [2.05, 4.69) is 24.3 Å². The summed E-state index contributed by atoms with van der Waals surface area (Å²) in [6.07, 6.45) is 3.21. The second-order valence-electron chi connectivity index (χ2n) is 4.20. The molecule has 0 heterocycles. The van der Waals surface area contributed by atoms with Crippen molar-refractivity contribution in [2.45, 2.75) is 37.7 Å². The van der Waals surface area contributed by atoms with Crippen molar-refractivity contribution in [1.29, 1.82) is 0 Å². The van der Waals surface area contributed by atoms with Crippen LogP contribution in [-0.2, 0) is 5.41 Å². The van der Waals surface area contributed by atoms with Crippen molar-refractivity contribution in [2.24, 2.45) is 0 Å². The van der Waals surface area contributed by atoms with Crippen molar-refractivity contribution in [3.63, 3.8) is 0 Å². The molecule has 0 unspecified atom stereocenters. The molecular formula is C12H16O. The van der Waals surface area contributed by atoms with Crippen LogP contribution >= 0.6 is 0 Å². The number of rotatable bonds is 3. The van der Waals surface area contributed by atoms with Gasteiger partial charge in [-0.1, -0.05) is 30.3 Å². The van der Waals surface area contributed by atoms with Gasteiger partial charge in [-0.2, -0.15) is 0 Å². The van der Waals surface area contributed by atoms with Gasteiger partial charge < -0.3 is 5.11 Å². The smallest absolute Gasteiger partial charge is 0.0520 e. The molecule has 13 heavy (non-hydrogen) atoms. The Bertz CT molecular complexity index is 272. The quantitative estimate of drug-likeness (QED) is 0.750. The van der Waals surface area contributed by atoms with E-state index < -0.39 is 0 Å². The average Bonchev–Trinajstić information content (AvgIpc) is 2.86. The Kier molecular flexibility index (Phi) is 2.12. The molecule has 0 aliphatic heterocycles. The van der Waals surface area contributed by atoms with E-state index in [1.807, 2.05) is 13.0 Å². The SMILES string of the molecule is C[C@@H](O)CC1(c2ccccc2)CC1. The summed E-state index contributed by atoms with van der Waals surface area (Å²) >= 11 is 0. The molecule has 70 valence electrons. The lowest BCUT2D eigenvalue weighted by Crippen LogP contribution is -2.14. The molecule has 1 nitrogen and oxygen atoms in total. The predicted octanol–water partition coefficient (Wildman–Crippen LogP) is 2.49. The molecule has 2 rings (SSSR count). The first-order valence-corrected chi connectivity index (χ1v) is 4.97. The van der Waals surface area contributed by atoms with Crippen LogP contribution in [-0.4, -0.2) is 11.2 Å². The summed E-state index contributed by atoms with van der Waals surface area (Å²) in [6, 6.07) is 10.6. The van der Waals surface area contributed by atoms with Crippen LogP contribution in [0.5, 0.6) is 0 Å². The fourth-order valence-corrected chi connectivity index (χ4v) is 2.12. The largest absolute Gasteiger partial charge is 0.393 e. The summed E-state index contributed by atoms with van der Waals surface area (Å²) in [7, 11) is 0. The van der Waals surface area contributed by atoms with Crippen molar-refractivity contribution in [1.82, 2.24) is 0 Å². The molecule has 1 fully saturated rings. The van der Waals surface area contributed by atoms with Crippen molar-refractivity contribution in [2.75, 3.05) is 0 Å². The predicted molar refractivity (Wildman–Crippen MR) is 53.7 cm³/mol. The number of hydrogen-bond donors (Lipinski definition) is 1. The average molecular weight is 176 g/mol. The van der Waals surface area contributed by atoms with Crippen LogP contribution in [0.25, 0.3) is 0 Å². The molecule has 0 amide bonds. The van der Waals surface area contributed by atoms with Gasteiger partial charge in [0.15, 0.2) is 0 Å². The van der Waals surface area contributed by atoms with Gasteiger partial charge in [-0.15, -0.1) is 0 Å². The molecule has 1 N–H and O–H groups in total. The minimum absolute atomic E-state index is 0.178. The zero-order valence-electron chi connectivity index (χ0n) is 8.03. The zero-order valence-corrected chi connectivity index (χ0v) is 8.03. The minimum Gasteiger partial charge on any atom is -0.393 e. The third kappa shape index (κ3) is 1.75. The molecule has 1 aliphatic carbocycles. The number of benzene rings is 1. The molecule has 1 saturated carbocycles. The third-order valence-electron chi connectivity index (χ3n) is 2.93. The zero-order chi connectivity index (χ0) is 9.31. The minimum atomic E-state index is -0.178. The van der Waals surface area contributed by atoms with Gasteiger partial charge in [0.05, 0.1) is 6.10 Å². The monoisotopic (exact) mass is 176 g/mol. The van der Waals surface area contributed by atoms with E-state index in [9.17, 15) is 5.11 Å². The standard InChI is InChI=1S/C12H16O/c1-10(13)9-12(7-8-12)11-5-3-2-4-6-11/h2-6,10,13H,7-9H2,1H3/t10-/m1/s1. The fourth-order valence-electron chi connectivity index (χ4n) is 2.12. The van der Waals surface area contributed by atoms with Crippen molar-refractivity contribution >= 4 is 0 Å². The lowest BCUT2D eigenvalue weighted by molar-refractivity contribution is 0.170. The first kappa shape index (κ1) is 8.76. The van der Waals surface area contributed by atoms with Crippen LogP contribution in [0, 0.1) is 0 Å². The third-order valence-corrected chi connectivity index (χ3v) is 2.93. The molecule has 0 aromatic heterocycles. The highest BCUT2D eigenvalue weighted by molar-refractivity contribution is 5.31. The Morgan fingerprint density at radius 3 is 2.38 bits per heavy atom. The lowest BCUT2D eigenvalue weighted by atomic mass is 9.90.